The van der Waals surface area contributed by atoms with Crippen molar-refractivity contribution in [1.29, 1.82) is 0 Å². The highest BCUT2D eigenvalue weighted by atomic mass is 16.3. The molecule has 0 saturated heterocycles. The van der Waals surface area contributed by atoms with Gasteiger partial charge in [-0.3, -0.25) is 4.79 Å². The molecule has 0 aliphatic heterocycles. The summed E-state index contributed by atoms with van der Waals surface area (Å²) < 4.78 is 0. The van der Waals surface area contributed by atoms with Gasteiger partial charge in [-0.15, -0.1) is 0 Å². The highest BCUT2D eigenvalue weighted by Crippen LogP contribution is 2.17. The summed E-state index contributed by atoms with van der Waals surface area (Å²) >= 11 is 0. The zero-order valence-corrected chi connectivity index (χ0v) is 42.1. The SMILES string of the molecule is CC/C=C\C/C=C\C/C=C\C/C=C\CCCCCCCCCCCCCCCCCCCCCCCCCCCCCCC(=O)NC(CO)C(O)/C=C/CC/C=C/CCCCCC. The Morgan fingerprint density at radius 1 is 0.397 bits per heavy atom. The van der Waals surface area contributed by atoms with Crippen molar-refractivity contribution in [3.8, 4) is 0 Å². The van der Waals surface area contributed by atoms with Gasteiger partial charge in [0.2, 0.25) is 5.91 Å². The van der Waals surface area contributed by atoms with Crippen LogP contribution in [0.4, 0.5) is 0 Å². The average molecular weight is 879 g/mol. The van der Waals surface area contributed by atoms with Crippen LogP contribution in [-0.4, -0.2) is 34.9 Å². The van der Waals surface area contributed by atoms with Gasteiger partial charge < -0.3 is 15.5 Å². The normalized spacial score (nSPS) is 13.4. The summed E-state index contributed by atoms with van der Waals surface area (Å²) in [6, 6.07) is -0.637. The molecule has 2 atom stereocenters. The summed E-state index contributed by atoms with van der Waals surface area (Å²) in [6.45, 7) is 4.15. The first-order valence-corrected chi connectivity index (χ1v) is 27.7. The van der Waals surface area contributed by atoms with Crippen LogP contribution in [-0.2, 0) is 4.79 Å². The van der Waals surface area contributed by atoms with Gasteiger partial charge in [-0.1, -0.05) is 273 Å². The first-order valence-electron chi connectivity index (χ1n) is 27.7. The van der Waals surface area contributed by atoms with E-state index in [9.17, 15) is 15.0 Å². The lowest BCUT2D eigenvalue weighted by Crippen LogP contribution is -2.45. The van der Waals surface area contributed by atoms with Crippen molar-refractivity contribution in [3.63, 3.8) is 0 Å². The number of aliphatic hydroxyl groups is 2. The lowest BCUT2D eigenvalue weighted by Gasteiger charge is -2.19. The highest BCUT2D eigenvalue weighted by Gasteiger charge is 2.18. The molecule has 0 aliphatic rings. The van der Waals surface area contributed by atoms with E-state index in [1.165, 1.54) is 199 Å². The second-order valence-corrected chi connectivity index (χ2v) is 18.6. The average Bonchev–Trinajstić information content (AvgIpc) is 3.29. The number of rotatable bonds is 50. The van der Waals surface area contributed by atoms with Crippen molar-refractivity contribution in [1.82, 2.24) is 5.32 Å². The fourth-order valence-electron chi connectivity index (χ4n) is 8.25. The Bertz CT molecular complexity index is 1090. The summed E-state index contributed by atoms with van der Waals surface area (Å²) in [5, 5.41) is 22.9. The number of allylic oxidation sites excluding steroid dienone is 11. The van der Waals surface area contributed by atoms with E-state index in [0.29, 0.717) is 6.42 Å². The molecule has 366 valence electrons. The number of hydrogen-bond donors (Lipinski definition) is 3. The summed E-state index contributed by atoms with van der Waals surface area (Å²) in [5.74, 6) is -0.0731. The predicted octanol–water partition coefficient (Wildman–Crippen LogP) is 18.2. The first kappa shape index (κ1) is 60.8. The van der Waals surface area contributed by atoms with Crippen LogP contribution in [0.3, 0.4) is 0 Å². The summed E-state index contributed by atoms with van der Waals surface area (Å²) in [7, 11) is 0. The molecule has 0 aromatic carbocycles. The van der Waals surface area contributed by atoms with Crippen LogP contribution < -0.4 is 5.32 Å². The van der Waals surface area contributed by atoms with Crippen LogP contribution in [0.25, 0.3) is 0 Å². The molecule has 1 amide bonds. The Hall–Kier alpha value is -2.17. The van der Waals surface area contributed by atoms with Gasteiger partial charge in [0.1, 0.15) is 0 Å². The van der Waals surface area contributed by atoms with Crippen LogP contribution >= 0.6 is 0 Å². The van der Waals surface area contributed by atoms with Gasteiger partial charge in [0.15, 0.2) is 0 Å². The van der Waals surface area contributed by atoms with Gasteiger partial charge in [0.05, 0.1) is 18.8 Å². The zero-order chi connectivity index (χ0) is 45.6. The second kappa shape index (κ2) is 54.2. The second-order valence-electron chi connectivity index (χ2n) is 18.6. The zero-order valence-electron chi connectivity index (χ0n) is 42.1. The van der Waals surface area contributed by atoms with Crippen LogP contribution in [0.2, 0.25) is 0 Å². The van der Waals surface area contributed by atoms with E-state index in [1.807, 2.05) is 6.08 Å². The fraction of sp³-hybridized carbons (Fsp3) is 0.780. The monoisotopic (exact) mass is 878 g/mol. The molecule has 63 heavy (non-hydrogen) atoms. The molecular formula is C59H107NO3. The molecule has 0 aromatic heterocycles. The molecule has 2 unspecified atom stereocenters. The van der Waals surface area contributed by atoms with E-state index in [-0.39, 0.29) is 12.5 Å². The minimum Gasteiger partial charge on any atom is -0.394 e. The van der Waals surface area contributed by atoms with E-state index in [0.717, 1.165) is 57.8 Å². The largest absolute Gasteiger partial charge is 0.394 e. The Labute approximate surface area is 393 Å². The molecule has 0 aromatic rings. The standard InChI is InChI=1S/C59H107NO3/c1-3-5-7-9-11-13-15-16-17-18-19-20-21-22-23-24-25-26-27-28-29-30-31-32-33-34-35-36-37-38-39-40-41-42-43-44-45-47-49-51-53-55-59(63)60-57(56-61)58(62)54-52-50-48-46-14-12-10-8-6-4-2/h5,7,11,13-14,16-17,19-20,46,52,54,57-58,61-62H,3-4,6,8-10,12,15,18,21-45,47-51,53,55-56H2,1-2H3,(H,60,63)/b7-5-,13-11-,17-16-,20-19-,46-14+,54-52+. The quantitative estimate of drug-likeness (QED) is 0.0421. The minimum atomic E-state index is -0.860. The van der Waals surface area contributed by atoms with Crippen molar-refractivity contribution in [3.05, 3.63) is 72.9 Å². The Morgan fingerprint density at radius 3 is 1.11 bits per heavy atom. The summed E-state index contributed by atoms with van der Waals surface area (Å²) in [5.41, 5.74) is 0. The lowest BCUT2D eigenvalue weighted by molar-refractivity contribution is -0.123. The van der Waals surface area contributed by atoms with Gasteiger partial charge in [0.25, 0.3) is 0 Å². The van der Waals surface area contributed by atoms with Crippen LogP contribution in [0.5, 0.6) is 0 Å². The van der Waals surface area contributed by atoms with Crippen LogP contribution in [0.15, 0.2) is 72.9 Å². The van der Waals surface area contributed by atoms with Gasteiger partial charge in [0, 0.05) is 6.42 Å². The van der Waals surface area contributed by atoms with Gasteiger partial charge in [-0.2, -0.15) is 0 Å². The number of carbonyl (C=O) groups excluding carboxylic acids is 1. The molecule has 3 N–H and O–H groups in total. The molecule has 0 rings (SSSR count). The third-order valence-corrected chi connectivity index (χ3v) is 12.4. The van der Waals surface area contributed by atoms with E-state index in [2.05, 4.69) is 79.9 Å². The molecule has 0 radical (unpaired) electrons. The summed E-state index contributed by atoms with van der Waals surface area (Å²) in [4.78, 5) is 12.4. The smallest absolute Gasteiger partial charge is 0.220 e. The first-order chi connectivity index (χ1) is 31.2. The van der Waals surface area contributed by atoms with E-state index in [1.54, 1.807) is 6.08 Å². The molecule has 0 bridgehead atoms. The summed E-state index contributed by atoms with van der Waals surface area (Å²) in [6.07, 6.45) is 78.1. The molecule has 0 heterocycles. The molecule has 4 heteroatoms. The topological polar surface area (TPSA) is 69.6 Å². The minimum absolute atomic E-state index is 0.0731. The number of carbonyl (C=O) groups is 1. The van der Waals surface area contributed by atoms with Crippen molar-refractivity contribution in [2.24, 2.45) is 0 Å². The third kappa shape index (κ3) is 50.7. The molecule has 0 saturated carbocycles. The molecule has 0 aliphatic carbocycles. The van der Waals surface area contributed by atoms with Crippen LogP contribution in [0.1, 0.15) is 277 Å². The number of unbranched alkanes of at least 4 members (excludes halogenated alkanes) is 33. The Morgan fingerprint density at radius 2 is 0.714 bits per heavy atom. The van der Waals surface area contributed by atoms with Crippen LogP contribution in [0, 0.1) is 0 Å². The maximum absolute atomic E-state index is 12.4. The van der Waals surface area contributed by atoms with Gasteiger partial charge in [-0.25, -0.2) is 0 Å². The van der Waals surface area contributed by atoms with E-state index >= 15 is 0 Å². The van der Waals surface area contributed by atoms with Gasteiger partial charge >= 0.3 is 0 Å². The number of aliphatic hydroxyl groups excluding tert-OH is 2. The van der Waals surface area contributed by atoms with Crippen molar-refractivity contribution in [2.75, 3.05) is 6.61 Å². The number of amides is 1. The highest BCUT2D eigenvalue weighted by molar-refractivity contribution is 5.76. The van der Waals surface area contributed by atoms with E-state index < -0.39 is 12.1 Å². The molecule has 4 nitrogen and oxygen atoms in total. The fourth-order valence-corrected chi connectivity index (χ4v) is 8.25. The molecule has 0 fully saturated rings. The van der Waals surface area contributed by atoms with Crippen molar-refractivity contribution in [2.45, 2.75) is 289 Å². The predicted molar refractivity (Wildman–Crippen MR) is 281 cm³/mol. The number of hydrogen-bond acceptors (Lipinski definition) is 3. The lowest BCUT2D eigenvalue weighted by atomic mass is 10.0. The van der Waals surface area contributed by atoms with Gasteiger partial charge in [-0.05, 0) is 70.6 Å². The Kier molecular flexibility index (Phi) is 52.3. The van der Waals surface area contributed by atoms with Crippen molar-refractivity contribution >= 4 is 5.91 Å². The number of nitrogens with one attached hydrogen (secondary N) is 1. The van der Waals surface area contributed by atoms with E-state index in [4.69, 9.17) is 0 Å². The maximum atomic E-state index is 12.4. The molecular weight excluding hydrogens is 771 g/mol. The third-order valence-electron chi connectivity index (χ3n) is 12.4. The van der Waals surface area contributed by atoms with Crippen molar-refractivity contribution < 1.29 is 15.0 Å². The Balaban J connectivity index is 3.37. The maximum Gasteiger partial charge on any atom is 0.220 e. The molecule has 0 spiro atoms.